The summed E-state index contributed by atoms with van der Waals surface area (Å²) in [4.78, 5) is 0. The number of nitrogens with zero attached hydrogens (tertiary/aromatic N) is 1. The Balaban J connectivity index is 1.85. The van der Waals surface area contributed by atoms with Gasteiger partial charge in [0, 0.05) is 21.3 Å². The van der Waals surface area contributed by atoms with Crippen molar-refractivity contribution in [3.8, 4) is 6.07 Å². The summed E-state index contributed by atoms with van der Waals surface area (Å²) >= 11 is 0. The Hall–Kier alpha value is -1.18. The SMILES string of the molecule is N#CCc1ccc(C2(O)CC3CCC(C2)S3=O)cc1. The lowest BCUT2D eigenvalue weighted by Crippen LogP contribution is -2.40. The predicted molar refractivity (Wildman–Crippen MR) is 73.8 cm³/mol. The molecule has 2 aliphatic rings. The predicted octanol–water partition coefficient (Wildman–Crippen LogP) is 2.01. The molecule has 1 N–H and O–H groups in total. The van der Waals surface area contributed by atoms with Gasteiger partial charge in [0.2, 0.25) is 0 Å². The summed E-state index contributed by atoms with van der Waals surface area (Å²) in [5.74, 6) is 0. The lowest BCUT2D eigenvalue weighted by Gasteiger charge is -2.36. The van der Waals surface area contributed by atoms with E-state index in [1.165, 1.54) is 0 Å². The van der Waals surface area contributed by atoms with Crippen molar-refractivity contribution < 1.29 is 9.32 Å². The normalized spacial score (nSPS) is 36.9. The van der Waals surface area contributed by atoms with Crippen molar-refractivity contribution in [1.29, 1.82) is 5.26 Å². The van der Waals surface area contributed by atoms with Gasteiger partial charge in [-0.25, -0.2) is 0 Å². The summed E-state index contributed by atoms with van der Waals surface area (Å²) in [6.45, 7) is 0. The van der Waals surface area contributed by atoms with Gasteiger partial charge in [-0.15, -0.1) is 0 Å². The number of hydrogen-bond acceptors (Lipinski definition) is 3. The quantitative estimate of drug-likeness (QED) is 0.898. The molecular weight excluding hydrogens is 258 g/mol. The van der Waals surface area contributed by atoms with Crippen LogP contribution in [-0.4, -0.2) is 19.8 Å². The van der Waals surface area contributed by atoms with Crippen LogP contribution in [0.1, 0.15) is 36.8 Å². The Labute approximate surface area is 115 Å². The van der Waals surface area contributed by atoms with Crippen LogP contribution < -0.4 is 0 Å². The van der Waals surface area contributed by atoms with Crippen LogP contribution in [0.5, 0.6) is 0 Å². The highest BCUT2D eigenvalue weighted by atomic mass is 32.2. The zero-order chi connectivity index (χ0) is 13.5. The number of aliphatic hydroxyl groups is 1. The molecule has 2 aliphatic heterocycles. The molecule has 2 heterocycles. The monoisotopic (exact) mass is 275 g/mol. The highest BCUT2D eigenvalue weighted by Gasteiger charge is 2.48. The zero-order valence-corrected chi connectivity index (χ0v) is 11.5. The number of nitriles is 1. The van der Waals surface area contributed by atoms with E-state index < -0.39 is 16.4 Å². The van der Waals surface area contributed by atoms with Gasteiger partial charge in [-0.2, -0.15) is 5.26 Å². The Kier molecular flexibility index (Phi) is 3.20. The molecule has 2 bridgehead atoms. The minimum absolute atomic E-state index is 0.155. The van der Waals surface area contributed by atoms with Crippen LogP contribution >= 0.6 is 0 Å². The lowest BCUT2D eigenvalue weighted by atomic mass is 9.85. The second kappa shape index (κ2) is 4.73. The van der Waals surface area contributed by atoms with Crippen molar-refractivity contribution in [1.82, 2.24) is 0 Å². The molecule has 2 fully saturated rings. The first-order chi connectivity index (χ1) is 9.12. The van der Waals surface area contributed by atoms with Gasteiger partial charge >= 0.3 is 0 Å². The summed E-state index contributed by atoms with van der Waals surface area (Å²) in [5, 5.41) is 19.8. The van der Waals surface area contributed by atoms with E-state index in [0.717, 1.165) is 24.0 Å². The molecule has 2 saturated heterocycles. The van der Waals surface area contributed by atoms with Crippen molar-refractivity contribution in [2.75, 3.05) is 0 Å². The molecule has 1 aromatic rings. The summed E-state index contributed by atoms with van der Waals surface area (Å²) in [6, 6.07) is 9.77. The Morgan fingerprint density at radius 1 is 1.26 bits per heavy atom. The topological polar surface area (TPSA) is 61.1 Å². The van der Waals surface area contributed by atoms with Gasteiger partial charge in [-0.1, -0.05) is 24.3 Å². The van der Waals surface area contributed by atoms with Crippen molar-refractivity contribution in [3.63, 3.8) is 0 Å². The maximum Gasteiger partial charge on any atom is 0.0919 e. The highest BCUT2D eigenvalue weighted by molar-refractivity contribution is 7.86. The van der Waals surface area contributed by atoms with E-state index in [-0.39, 0.29) is 10.5 Å². The molecule has 100 valence electrons. The average Bonchev–Trinajstić information content (AvgIpc) is 2.63. The molecule has 3 nitrogen and oxygen atoms in total. The lowest BCUT2D eigenvalue weighted by molar-refractivity contribution is 0.0184. The molecule has 0 amide bonds. The van der Waals surface area contributed by atoms with E-state index >= 15 is 0 Å². The van der Waals surface area contributed by atoms with Crippen LogP contribution in [0.15, 0.2) is 24.3 Å². The Morgan fingerprint density at radius 3 is 2.37 bits per heavy atom. The zero-order valence-electron chi connectivity index (χ0n) is 10.7. The van der Waals surface area contributed by atoms with E-state index in [4.69, 9.17) is 5.26 Å². The molecule has 4 heteroatoms. The van der Waals surface area contributed by atoms with Crippen LogP contribution in [0.2, 0.25) is 0 Å². The number of hydrogen-bond donors (Lipinski definition) is 1. The average molecular weight is 275 g/mol. The molecule has 0 aromatic heterocycles. The van der Waals surface area contributed by atoms with Gasteiger partial charge in [0.1, 0.15) is 0 Å². The van der Waals surface area contributed by atoms with Crippen LogP contribution in [0.4, 0.5) is 0 Å². The van der Waals surface area contributed by atoms with E-state index in [1.807, 2.05) is 24.3 Å². The fraction of sp³-hybridized carbons (Fsp3) is 0.533. The van der Waals surface area contributed by atoms with Crippen molar-refractivity contribution in [3.05, 3.63) is 35.4 Å². The largest absolute Gasteiger partial charge is 0.385 e. The minimum Gasteiger partial charge on any atom is -0.385 e. The summed E-state index contributed by atoms with van der Waals surface area (Å²) < 4.78 is 12.0. The van der Waals surface area contributed by atoms with Crippen LogP contribution in [-0.2, 0) is 22.8 Å². The van der Waals surface area contributed by atoms with Gasteiger partial charge in [0.15, 0.2) is 0 Å². The van der Waals surface area contributed by atoms with E-state index in [0.29, 0.717) is 19.3 Å². The van der Waals surface area contributed by atoms with E-state index in [2.05, 4.69) is 6.07 Å². The van der Waals surface area contributed by atoms with Gasteiger partial charge < -0.3 is 5.11 Å². The first-order valence-electron chi connectivity index (χ1n) is 6.70. The maximum atomic E-state index is 12.0. The Bertz CT molecular complexity index is 530. The van der Waals surface area contributed by atoms with Crippen molar-refractivity contribution in [2.24, 2.45) is 0 Å². The third-order valence-electron chi connectivity index (χ3n) is 4.37. The Morgan fingerprint density at radius 2 is 1.84 bits per heavy atom. The second-order valence-electron chi connectivity index (χ2n) is 5.62. The smallest absolute Gasteiger partial charge is 0.0919 e. The van der Waals surface area contributed by atoms with Crippen molar-refractivity contribution in [2.45, 2.75) is 48.2 Å². The molecule has 19 heavy (non-hydrogen) atoms. The number of benzene rings is 1. The molecule has 1 aromatic carbocycles. The molecule has 2 unspecified atom stereocenters. The summed E-state index contributed by atoms with van der Waals surface area (Å²) in [5.41, 5.74) is 1.05. The summed E-state index contributed by atoms with van der Waals surface area (Å²) in [6.07, 6.45) is 3.56. The third kappa shape index (κ3) is 2.22. The number of fused-ring (bicyclic) bond motifs is 2. The third-order valence-corrected chi connectivity index (χ3v) is 6.49. The molecule has 0 saturated carbocycles. The second-order valence-corrected chi connectivity index (χ2v) is 7.61. The first-order valence-corrected chi connectivity index (χ1v) is 7.98. The molecule has 2 atom stereocenters. The van der Waals surface area contributed by atoms with Crippen LogP contribution in [0.25, 0.3) is 0 Å². The molecule has 3 rings (SSSR count). The fourth-order valence-corrected chi connectivity index (χ4v) is 5.50. The molecular formula is C15H17NO2S. The molecule has 0 radical (unpaired) electrons. The first kappa shape index (κ1) is 12.8. The highest BCUT2D eigenvalue weighted by Crippen LogP contribution is 2.45. The molecule has 0 spiro atoms. The van der Waals surface area contributed by atoms with Crippen LogP contribution in [0.3, 0.4) is 0 Å². The minimum atomic E-state index is -0.828. The van der Waals surface area contributed by atoms with Crippen molar-refractivity contribution >= 4 is 10.8 Å². The fourth-order valence-electron chi connectivity index (χ4n) is 3.34. The van der Waals surface area contributed by atoms with Crippen LogP contribution in [0, 0.1) is 11.3 Å². The maximum absolute atomic E-state index is 12.0. The van der Waals surface area contributed by atoms with Gasteiger partial charge in [-0.05, 0) is 36.8 Å². The summed E-state index contributed by atoms with van der Waals surface area (Å²) in [7, 11) is -0.749. The molecule has 0 aliphatic carbocycles. The van der Waals surface area contributed by atoms with Gasteiger partial charge in [-0.3, -0.25) is 4.21 Å². The van der Waals surface area contributed by atoms with E-state index in [9.17, 15) is 9.32 Å². The van der Waals surface area contributed by atoms with Gasteiger partial charge in [0.25, 0.3) is 0 Å². The van der Waals surface area contributed by atoms with E-state index in [1.54, 1.807) is 0 Å². The standard InChI is InChI=1S/C15H17NO2S/c16-8-7-11-1-3-12(4-2-11)15(17)9-13-5-6-14(10-15)19(13)18/h1-4,13-14,17H,5-7,9-10H2. The number of rotatable bonds is 2. The van der Waals surface area contributed by atoms with Gasteiger partial charge in [0.05, 0.1) is 18.1 Å².